The van der Waals surface area contributed by atoms with Crippen molar-refractivity contribution in [2.24, 2.45) is 4.99 Å². The summed E-state index contributed by atoms with van der Waals surface area (Å²) in [7, 11) is 1.82. The summed E-state index contributed by atoms with van der Waals surface area (Å²) in [6, 6.07) is 12.6. The van der Waals surface area contributed by atoms with Crippen molar-refractivity contribution in [2.75, 3.05) is 39.8 Å². The van der Waals surface area contributed by atoms with Gasteiger partial charge in [-0.2, -0.15) is 0 Å². The van der Waals surface area contributed by atoms with Crippen molar-refractivity contribution in [3.8, 4) is 5.75 Å². The average molecular weight is 510 g/mol. The molecule has 2 atom stereocenters. The summed E-state index contributed by atoms with van der Waals surface area (Å²) in [6.45, 7) is 4.63. The predicted molar refractivity (Wildman–Crippen MR) is 126 cm³/mol. The van der Waals surface area contributed by atoms with Gasteiger partial charge in [0.25, 0.3) is 0 Å². The summed E-state index contributed by atoms with van der Waals surface area (Å²) in [5.74, 6) is 3.29. The number of furan rings is 1. The summed E-state index contributed by atoms with van der Waals surface area (Å²) in [5, 5.41) is 7.01. The first-order valence-corrected chi connectivity index (χ1v) is 10.3. The van der Waals surface area contributed by atoms with Gasteiger partial charge < -0.3 is 19.8 Å². The molecule has 2 aromatic rings. The van der Waals surface area contributed by atoms with Crippen LogP contribution in [-0.4, -0.2) is 50.7 Å². The molecule has 1 saturated heterocycles. The fourth-order valence-corrected chi connectivity index (χ4v) is 4.21. The second-order valence-electron chi connectivity index (χ2n) is 7.48. The molecule has 0 saturated carbocycles. The van der Waals surface area contributed by atoms with Crippen LogP contribution in [0, 0.1) is 0 Å². The average Bonchev–Trinajstić information content (AvgIpc) is 3.45. The molecule has 29 heavy (non-hydrogen) atoms. The number of nitrogens with one attached hydrogen (secondary N) is 2. The van der Waals surface area contributed by atoms with Crippen LogP contribution in [0.1, 0.15) is 42.5 Å². The number of guanidine groups is 1. The molecule has 2 N–H and O–H groups in total. The molecule has 2 aliphatic rings. The van der Waals surface area contributed by atoms with E-state index in [1.54, 1.807) is 6.26 Å². The first kappa shape index (κ1) is 22.0. The van der Waals surface area contributed by atoms with Crippen molar-refractivity contribution >= 4 is 29.9 Å². The Morgan fingerprint density at radius 2 is 2.00 bits per heavy atom. The van der Waals surface area contributed by atoms with Gasteiger partial charge >= 0.3 is 0 Å². The van der Waals surface area contributed by atoms with Gasteiger partial charge in [0.15, 0.2) is 5.96 Å². The van der Waals surface area contributed by atoms with Crippen LogP contribution in [0.15, 0.2) is 52.1 Å². The number of hydrogen-bond acceptors (Lipinski definition) is 4. The number of likely N-dealkylation sites (tertiary alicyclic amines) is 1. The SMILES string of the molecule is CN=C(NCC1CCOc2ccccc21)NCC(c1ccco1)N1CCCC1.I. The lowest BCUT2D eigenvalue weighted by molar-refractivity contribution is 0.215. The number of nitrogens with zero attached hydrogens (tertiary/aromatic N) is 2. The molecular formula is C22H31IN4O2. The van der Waals surface area contributed by atoms with E-state index in [0.29, 0.717) is 5.92 Å². The standard InChI is InChI=1S/C22H30N4O2.HI/c1-23-22(24-15-17-10-14-28-20-8-3-2-7-18(17)20)25-16-19(21-9-6-13-27-21)26-11-4-5-12-26;/h2-3,6-9,13,17,19H,4-5,10-12,14-16H2,1H3,(H2,23,24,25);1H. The molecule has 7 heteroatoms. The zero-order chi connectivity index (χ0) is 19.2. The Balaban J connectivity index is 0.00000240. The van der Waals surface area contributed by atoms with Crippen LogP contribution in [0.2, 0.25) is 0 Å². The number of ether oxygens (including phenoxy) is 1. The molecule has 158 valence electrons. The number of rotatable bonds is 6. The van der Waals surface area contributed by atoms with E-state index in [-0.39, 0.29) is 30.0 Å². The zero-order valence-electron chi connectivity index (χ0n) is 17.0. The van der Waals surface area contributed by atoms with Gasteiger partial charge in [0.2, 0.25) is 0 Å². The lowest BCUT2D eigenvalue weighted by atomic mass is 9.93. The fraction of sp³-hybridized carbons (Fsp3) is 0.500. The van der Waals surface area contributed by atoms with Gasteiger partial charge in [0, 0.05) is 26.1 Å². The summed E-state index contributed by atoms with van der Waals surface area (Å²) < 4.78 is 11.5. The first-order valence-electron chi connectivity index (χ1n) is 10.3. The van der Waals surface area contributed by atoms with E-state index in [2.05, 4.69) is 44.8 Å². The molecule has 0 amide bonds. The predicted octanol–water partition coefficient (Wildman–Crippen LogP) is 3.77. The molecule has 0 bridgehead atoms. The zero-order valence-corrected chi connectivity index (χ0v) is 19.3. The van der Waals surface area contributed by atoms with Crippen LogP contribution in [0.3, 0.4) is 0 Å². The maximum atomic E-state index is 5.77. The molecule has 0 aliphatic carbocycles. The molecular weight excluding hydrogens is 479 g/mol. The Kier molecular flexibility index (Phi) is 8.23. The summed E-state index contributed by atoms with van der Waals surface area (Å²) >= 11 is 0. The summed E-state index contributed by atoms with van der Waals surface area (Å²) in [5.41, 5.74) is 1.28. The lowest BCUT2D eigenvalue weighted by Gasteiger charge is -2.28. The van der Waals surface area contributed by atoms with Crippen LogP contribution in [-0.2, 0) is 0 Å². The Labute approximate surface area is 190 Å². The van der Waals surface area contributed by atoms with Gasteiger partial charge in [-0.15, -0.1) is 24.0 Å². The van der Waals surface area contributed by atoms with Crippen molar-refractivity contribution in [3.05, 3.63) is 54.0 Å². The van der Waals surface area contributed by atoms with E-state index in [1.807, 2.05) is 19.2 Å². The normalized spacial score (nSPS) is 20.3. The topological polar surface area (TPSA) is 62.0 Å². The van der Waals surface area contributed by atoms with Gasteiger partial charge in [0.05, 0.1) is 18.9 Å². The molecule has 1 aromatic heterocycles. The quantitative estimate of drug-likeness (QED) is 0.352. The van der Waals surface area contributed by atoms with Gasteiger partial charge in [-0.25, -0.2) is 0 Å². The number of hydrogen-bond donors (Lipinski definition) is 2. The largest absolute Gasteiger partial charge is 0.493 e. The van der Waals surface area contributed by atoms with Crippen molar-refractivity contribution < 1.29 is 9.15 Å². The number of halogens is 1. The van der Waals surface area contributed by atoms with Gasteiger partial charge in [-0.1, -0.05) is 18.2 Å². The number of fused-ring (bicyclic) bond motifs is 1. The van der Waals surface area contributed by atoms with Crippen molar-refractivity contribution in [3.63, 3.8) is 0 Å². The van der Waals surface area contributed by atoms with Crippen LogP contribution in [0.25, 0.3) is 0 Å². The second-order valence-corrected chi connectivity index (χ2v) is 7.48. The highest BCUT2D eigenvalue weighted by Crippen LogP contribution is 2.32. The first-order chi connectivity index (χ1) is 13.8. The highest BCUT2D eigenvalue weighted by Gasteiger charge is 2.26. The number of aliphatic imine (C=N–C) groups is 1. The van der Waals surface area contributed by atoms with Gasteiger partial charge in [-0.05, 0) is 56.1 Å². The van der Waals surface area contributed by atoms with Crippen LogP contribution in [0.5, 0.6) is 5.75 Å². The molecule has 0 radical (unpaired) electrons. The van der Waals surface area contributed by atoms with Crippen LogP contribution in [0.4, 0.5) is 0 Å². The van der Waals surface area contributed by atoms with E-state index in [4.69, 9.17) is 9.15 Å². The second kappa shape index (κ2) is 10.9. The fourth-order valence-electron chi connectivity index (χ4n) is 4.21. The Morgan fingerprint density at radius 1 is 1.17 bits per heavy atom. The smallest absolute Gasteiger partial charge is 0.191 e. The molecule has 6 nitrogen and oxygen atoms in total. The molecule has 2 aliphatic heterocycles. The van der Waals surface area contributed by atoms with Crippen molar-refractivity contribution in [2.45, 2.75) is 31.2 Å². The highest BCUT2D eigenvalue weighted by atomic mass is 127. The minimum atomic E-state index is 0. The van der Waals surface area contributed by atoms with Crippen molar-refractivity contribution in [1.82, 2.24) is 15.5 Å². The van der Waals surface area contributed by atoms with E-state index < -0.39 is 0 Å². The lowest BCUT2D eigenvalue weighted by Crippen LogP contribution is -2.44. The maximum Gasteiger partial charge on any atom is 0.191 e. The number of para-hydroxylation sites is 1. The van der Waals surface area contributed by atoms with E-state index >= 15 is 0 Å². The molecule has 3 heterocycles. The molecule has 2 unspecified atom stereocenters. The Hall–Kier alpha value is -1.74. The van der Waals surface area contributed by atoms with Gasteiger partial charge in [-0.3, -0.25) is 9.89 Å². The monoisotopic (exact) mass is 510 g/mol. The van der Waals surface area contributed by atoms with Crippen LogP contribution >= 0.6 is 24.0 Å². The summed E-state index contributed by atoms with van der Waals surface area (Å²) in [4.78, 5) is 6.92. The third-order valence-electron chi connectivity index (χ3n) is 5.74. The molecule has 1 fully saturated rings. The summed E-state index contributed by atoms with van der Waals surface area (Å²) in [6.07, 6.45) is 5.29. The molecule has 1 aromatic carbocycles. The van der Waals surface area contributed by atoms with E-state index in [0.717, 1.165) is 56.7 Å². The van der Waals surface area contributed by atoms with Crippen LogP contribution < -0.4 is 15.4 Å². The van der Waals surface area contributed by atoms with Crippen molar-refractivity contribution in [1.29, 1.82) is 0 Å². The third-order valence-corrected chi connectivity index (χ3v) is 5.74. The number of benzene rings is 1. The Bertz CT molecular complexity index is 775. The minimum absolute atomic E-state index is 0. The minimum Gasteiger partial charge on any atom is -0.493 e. The van der Waals surface area contributed by atoms with Gasteiger partial charge in [0.1, 0.15) is 11.5 Å². The van der Waals surface area contributed by atoms with E-state index in [9.17, 15) is 0 Å². The Morgan fingerprint density at radius 3 is 2.76 bits per heavy atom. The molecule has 4 rings (SSSR count). The van der Waals surface area contributed by atoms with E-state index in [1.165, 1.54) is 18.4 Å². The highest BCUT2D eigenvalue weighted by molar-refractivity contribution is 14.0. The third kappa shape index (κ3) is 5.45. The molecule has 0 spiro atoms. The maximum absolute atomic E-state index is 5.77.